The van der Waals surface area contributed by atoms with E-state index in [2.05, 4.69) is 37.8 Å². The van der Waals surface area contributed by atoms with E-state index in [0.29, 0.717) is 0 Å². The molecule has 1 N–H and O–H groups in total. The summed E-state index contributed by atoms with van der Waals surface area (Å²) in [6, 6.07) is 0. The highest BCUT2D eigenvalue weighted by molar-refractivity contribution is 7.99. The van der Waals surface area contributed by atoms with Gasteiger partial charge in [-0.25, -0.2) is 0 Å². The maximum Gasteiger partial charge on any atom is 0.0170 e. The second kappa shape index (κ2) is 8.60. The first-order valence-corrected chi connectivity index (χ1v) is 5.92. The number of nitrogens with one attached hydrogen (secondary N) is 1. The van der Waals surface area contributed by atoms with Crippen molar-refractivity contribution in [1.82, 2.24) is 10.2 Å². The van der Waals surface area contributed by atoms with Crippen molar-refractivity contribution in [2.75, 3.05) is 45.2 Å². The van der Waals surface area contributed by atoms with Gasteiger partial charge in [-0.3, -0.25) is 0 Å². The summed E-state index contributed by atoms with van der Waals surface area (Å²) >= 11 is 1.96. The molecular formula is C10H22N2S. The van der Waals surface area contributed by atoms with Gasteiger partial charge in [0, 0.05) is 24.6 Å². The van der Waals surface area contributed by atoms with E-state index in [1.807, 2.05) is 11.8 Å². The molecule has 0 aliphatic heterocycles. The van der Waals surface area contributed by atoms with Crippen LogP contribution in [0.2, 0.25) is 0 Å². The monoisotopic (exact) mass is 202 g/mol. The lowest BCUT2D eigenvalue weighted by Crippen LogP contribution is -2.18. The fourth-order valence-corrected chi connectivity index (χ4v) is 1.85. The normalized spacial score (nSPS) is 10.8. The lowest BCUT2D eigenvalue weighted by atomic mass is 10.3. The van der Waals surface area contributed by atoms with E-state index in [1.165, 1.54) is 11.3 Å². The van der Waals surface area contributed by atoms with Gasteiger partial charge in [0.2, 0.25) is 0 Å². The summed E-state index contributed by atoms with van der Waals surface area (Å²) in [5.41, 5.74) is 1.30. The predicted octanol–water partition coefficient (Wildman–Crippen LogP) is 1.45. The van der Waals surface area contributed by atoms with Crippen LogP contribution in [0.4, 0.5) is 0 Å². The summed E-state index contributed by atoms with van der Waals surface area (Å²) in [7, 11) is 4.21. The quantitative estimate of drug-likeness (QED) is 0.474. The van der Waals surface area contributed by atoms with E-state index in [0.717, 1.165) is 25.4 Å². The number of likely N-dealkylation sites (N-methyl/N-ethyl adjacent to an activating group) is 1. The average Bonchev–Trinajstić information content (AvgIpc) is 2.08. The average molecular weight is 202 g/mol. The lowest BCUT2D eigenvalue weighted by Gasteiger charge is -2.09. The Hall–Kier alpha value is 0.01000. The molecule has 0 aliphatic carbocycles. The third-order valence-electron chi connectivity index (χ3n) is 1.61. The zero-order valence-electron chi connectivity index (χ0n) is 9.10. The molecule has 0 aromatic carbocycles. The van der Waals surface area contributed by atoms with E-state index in [4.69, 9.17) is 0 Å². The molecule has 0 radical (unpaired) electrons. The molecule has 3 heteroatoms. The Bertz CT molecular complexity index is 135. The zero-order chi connectivity index (χ0) is 10.1. The molecule has 13 heavy (non-hydrogen) atoms. The van der Waals surface area contributed by atoms with Crippen LogP contribution in [0.5, 0.6) is 0 Å². The number of hydrogen-bond donors (Lipinski definition) is 1. The predicted molar refractivity (Wildman–Crippen MR) is 63.6 cm³/mol. The number of nitrogens with zero attached hydrogens (tertiary/aromatic N) is 1. The van der Waals surface area contributed by atoms with Gasteiger partial charge in [-0.2, -0.15) is 11.8 Å². The third-order valence-corrected chi connectivity index (χ3v) is 2.70. The first-order chi connectivity index (χ1) is 6.16. The molecule has 0 saturated heterocycles. The van der Waals surface area contributed by atoms with Gasteiger partial charge in [-0.15, -0.1) is 0 Å². The van der Waals surface area contributed by atoms with Gasteiger partial charge in [-0.1, -0.05) is 19.1 Å². The highest BCUT2D eigenvalue weighted by Gasteiger charge is 1.95. The van der Waals surface area contributed by atoms with Gasteiger partial charge in [0.15, 0.2) is 0 Å². The maximum atomic E-state index is 4.01. The molecule has 0 aliphatic rings. The maximum absolute atomic E-state index is 4.01. The van der Waals surface area contributed by atoms with Crippen LogP contribution in [0.15, 0.2) is 12.2 Å². The smallest absolute Gasteiger partial charge is 0.0170 e. The van der Waals surface area contributed by atoms with Crippen LogP contribution in [-0.2, 0) is 0 Å². The van der Waals surface area contributed by atoms with Crippen molar-refractivity contribution in [3.63, 3.8) is 0 Å². The third kappa shape index (κ3) is 9.93. The van der Waals surface area contributed by atoms with E-state index in [-0.39, 0.29) is 0 Å². The van der Waals surface area contributed by atoms with Crippen molar-refractivity contribution in [3.8, 4) is 0 Å². The van der Waals surface area contributed by atoms with Gasteiger partial charge in [0.1, 0.15) is 0 Å². The second-order valence-electron chi connectivity index (χ2n) is 3.39. The van der Waals surface area contributed by atoms with Crippen molar-refractivity contribution < 1.29 is 0 Å². The minimum Gasteiger partial charge on any atom is -0.313 e. The Balaban J connectivity index is 3.17. The lowest BCUT2D eigenvalue weighted by molar-refractivity contribution is 0.437. The van der Waals surface area contributed by atoms with Crippen LogP contribution in [0.1, 0.15) is 6.92 Å². The molecule has 0 aromatic rings. The molecule has 0 aromatic heterocycles. The van der Waals surface area contributed by atoms with Gasteiger partial charge in [-0.05, 0) is 20.6 Å². The van der Waals surface area contributed by atoms with Crippen molar-refractivity contribution in [3.05, 3.63) is 12.2 Å². The Kier molecular flexibility index (Phi) is 8.61. The Labute approximate surface area is 86.8 Å². The summed E-state index contributed by atoms with van der Waals surface area (Å²) in [6.45, 7) is 9.27. The van der Waals surface area contributed by atoms with E-state index in [9.17, 15) is 0 Å². The Morgan fingerprint density at radius 3 is 2.69 bits per heavy atom. The summed E-state index contributed by atoms with van der Waals surface area (Å²) in [4.78, 5) is 2.21. The fourth-order valence-electron chi connectivity index (χ4n) is 0.816. The molecule has 0 rings (SSSR count). The van der Waals surface area contributed by atoms with Crippen molar-refractivity contribution in [1.29, 1.82) is 0 Å². The molecule has 0 fully saturated rings. The van der Waals surface area contributed by atoms with Gasteiger partial charge < -0.3 is 10.2 Å². The molecule has 0 unspecified atom stereocenters. The number of hydrogen-bond acceptors (Lipinski definition) is 3. The molecular weight excluding hydrogens is 180 g/mol. The molecule has 0 spiro atoms. The Morgan fingerprint density at radius 2 is 2.15 bits per heavy atom. The number of rotatable bonds is 8. The van der Waals surface area contributed by atoms with Crippen molar-refractivity contribution >= 4 is 11.8 Å². The highest BCUT2D eigenvalue weighted by atomic mass is 32.2. The Morgan fingerprint density at radius 1 is 1.46 bits per heavy atom. The topological polar surface area (TPSA) is 15.3 Å². The standard InChI is InChI=1S/C10H22N2S/c1-5-11-8-10(2)9-13-7-6-12(3)4/h11H,2,5-9H2,1,3-4H3. The summed E-state index contributed by atoms with van der Waals surface area (Å²) in [6.07, 6.45) is 0. The van der Waals surface area contributed by atoms with Crippen LogP contribution in [0, 0.1) is 0 Å². The molecule has 78 valence electrons. The summed E-state index contributed by atoms with van der Waals surface area (Å²) in [5.74, 6) is 2.28. The first kappa shape index (κ1) is 13.0. The first-order valence-electron chi connectivity index (χ1n) is 4.76. The molecule has 0 atom stereocenters. The van der Waals surface area contributed by atoms with Gasteiger partial charge >= 0.3 is 0 Å². The van der Waals surface area contributed by atoms with Crippen molar-refractivity contribution in [2.45, 2.75) is 6.92 Å². The summed E-state index contributed by atoms with van der Waals surface area (Å²) < 4.78 is 0. The van der Waals surface area contributed by atoms with E-state index >= 15 is 0 Å². The van der Waals surface area contributed by atoms with E-state index in [1.54, 1.807) is 0 Å². The number of thioether (sulfide) groups is 1. The largest absolute Gasteiger partial charge is 0.313 e. The van der Waals surface area contributed by atoms with E-state index < -0.39 is 0 Å². The zero-order valence-corrected chi connectivity index (χ0v) is 9.91. The summed E-state index contributed by atoms with van der Waals surface area (Å²) in [5, 5.41) is 3.27. The van der Waals surface area contributed by atoms with Crippen LogP contribution >= 0.6 is 11.8 Å². The van der Waals surface area contributed by atoms with Crippen LogP contribution < -0.4 is 5.32 Å². The SMILES string of the molecule is C=C(CNCC)CSCCN(C)C. The molecule has 2 nitrogen and oxygen atoms in total. The molecule has 0 saturated carbocycles. The van der Waals surface area contributed by atoms with Crippen molar-refractivity contribution in [2.24, 2.45) is 0 Å². The van der Waals surface area contributed by atoms with Gasteiger partial charge in [0.05, 0.1) is 0 Å². The highest BCUT2D eigenvalue weighted by Crippen LogP contribution is 2.05. The molecule has 0 heterocycles. The van der Waals surface area contributed by atoms with Crippen LogP contribution in [-0.4, -0.2) is 50.1 Å². The minimum atomic E-state index is 0.964. The van der Waals surface area contributed by atoms with Gasteiger partial charge in [0.25, 0.3) is 0 Å². The second-order valence-corrected chi connectivity index (χ2v) is 4.49. The van der Waals surface area contributed by atoms with Crippen LogP contribution in [0.25, 0.3) is 0 Å². The fraction of sp³-hybridized carbons (Fsp3) is 0.800. The molecule has 0 amide bonds. The molecule has 0 bridgehead atoms. The van der Waals surface area contributed by atoms with Crippen LogP contribution in [0.3, 0.4) is 0 Å². The minimum absolute atomic E-state index is 0.964.